The van der Waals surface area contributed by atoms with Gasteiger partial charge in [-0.1, -0.05) is 11.6 Å². The molecule has 1 atom stereocenters. The number of aryl methyl sites for hydroxylation is 1. The summed E-state index contributed by atoms with van der Waals surface area (Å²) < 4.78 is 16.5. The molecule has 17 heavy (non-hydrogen) atoms. The molecule has 0 saturated carbocycles. The van der Waals surface area contributed by atoms with Crippen LogP contribution in [0.5, 0.6) is 11.5 Å². The first-order chi connectivity index (χ1) is 8.27. The molecule has 4 nitrogen and oxygen atoms in total. The second-order valence-corrected chi connectivity index (χ2v) is 4.60. The molecule has 0 aromatic heterocycles. The zero-order valence-corrected chi connectivity index (χ0v) is 10.3. The van der Waals surface area contributed by atoms with Gasteiger partial charge in [0.05, 0.1) is 17.7 Å². The van der Waals surface area contributed by atoms with E-state index in [-0.39, 0.29) is 12.9 Å². The summed E-state index contributed by atoms with van der Waals surface area (Å²) >= 11 is 6.38. The van der Waals surface area contributed by atoms with E-state index in [1.54, 1.807) is 0 Å². The molecule has 1 fully saturated rings. The van der Waals surface area contributed by atoms with Crippen molar-refractivity contribution in [3.8, 4) is 11.5 Å². The summed E-state index contributed by atoms with van der Waals surface area (Å²) in [6.45, 7) is 4.62. The number of benzene rings is 1. The molecular weight excluding hydrogens is 242 g/mol. The van der Waals surface area contributed by atoms with Gasteiger partial charge in [-0.3, -0.25) is 0 Å². The van der Waals surface area contributed by atoms with Gasteiger partial charge >= 0.3 is 0 Å². The Labute approximate surface area is 105 Å². The molecule has 3 rings (SSSR count). The lowest BCUT2D eigenvalue weighted by molar-refractivity contribution is 0.0273. The maximum absolute atomic E-state index is 6.38. The summed E-state index contributed by atoms with van der Waals surface area (Å²) in [7, 11) is 0. The first-order valence-corrected chi connectivity index (χ1v) is 6.06. The number of ether oxygens (including phenoxy) is 3. The topological polar surface area (TPSA) is 39.7 Å². The van der Waals surface area contributed by atoms with Gasteiger partial charge in [0.15, 0.2) is 11.5 Å². The average molecular weight is 256 g/mol. The average Bonchev–Trinajstić information content (AvgIpc) is 2.78. The van der Waals surface area contributed by atoms with Crippen LogP contribution in [0.15, 0.2) is 6.07 Å². The molecule has 0 aliphatic carbocycles. The van der Waals surface area contributed by atoms with Crippen LogP contribution in [0.4, 0.5) is 0 Å². The standard InChI is InChI=1S/C12H14ClNO3/c1-7-4-8-12(17-6-16-8)11(13)10(7)9-5-14-2-3-15-9/h4,9,14H,2-3,5-6H2,1H3. The number of fused-ring (bicyclic) bond motifs is 1. The summed E-state index contributed by atoms with van der Waals surface area (Å²) in [4.78, 5) is 0. The van der Waals surface area contributed by atoms with Crippen LogP contribution in [0.1, 0.15) is 17.2 Å². The molecule has 1 aromatic rings. The summed E-state index contributed by atoms with van der Waals surface area (Å²) in [5, 5.41) is 3.92. The van der Waals surface area contributed by atoms with Gasteiger partial charge in [-0.05, 0) is 18.6 Å². The van der Waals surface area contributed by atoms with Gasteiger partial charge in [-0.15, -0.1) is 0 Å². The van der Waals surface area contributed by atoms with E-state index in [9.17, 15) is 0 Å². The van der Waals surface area contributed by atoms with E-state index in [0.29, 0.717) is 17.4 Å². The fraction of sp³-hybridized carbons (Fsp3) is 0.500. The second kappa shape index (κ2) is 4.37. The Balaban J connectivity index is 2.03. The Hall–Kier alpha value is -0.970. The highest BCUT2D eigenvalue weighted by molar-refractivity contribution is 6.33. The maximum atomic E-state index is 6.38. The van der Waals surface area contributed by atoms with Crippen LogP contribution in [-0.4, -0.2) is 26.5 Å². The Morgan fingerprint density at radius 3 is 3.06 bits per heavy atom. The summed E-state index contributed by atoms with van der Waals surface area (Å²) in [5.41, 5.74) is 2.08. The second-order valence-electron chi connectivity index (χ2n) is 4.22. The Bertz CT molecular complexity index is 444. The summed E-state index contributed by atoms with van der Waals surface area (Å²) in [6.07, 6.45) is -0.00856. The van der Waals surface area contributed by atoms with Crippen LogP contribution in [-0.2, 0) is 4.74 Å². The minimum absolute atomic E-state index is 0.00856. The van der Waals surface area contributed by atoms with E-state index in [1.165, 1.54) is 0 Å². The largest absolute Gasteiger partial charge is 0.454 e. The van der Waals surface area contributed by atoms with Crippen molar-refractivity contribution in [1.29, 1.82) is 0 Å². The molecule has 1 unspecified atom stereocenters. The first-order valence-electron chi connectivity index (χ1n) is 5.68. The summed E-state index contributed by atoms with van der Waals surface area (Å²) in [5.74, 6) is 1.36. The van der Waals surface area contributed by atoms with Crippen molar-refractivity contribution in [2.45, 2.75) is 13.0 Å². The van der Waals surface area contributed by atoms with Gasteiger partial charge in [0.1, 0.15) is 0 Å². The van der Waals surface area contributed by atoms with Gasteiger partial charge in [-0.2, -0.15) is 0 Å². The molecule has 0 spiro atoms. The van der Waals surface area contributed by atoms with Crippen molar-refractivity contribution in [2.24, 2.45) is 0 Å². The molecule has 2 aliphatic rings. The molecular formula is C12H14ClNO3. The molecule has 0 bridgehead atoms. The fourth-order valence-corrected chi connectivity index (χ4v) is 2.70. The van der Waals surface area contributed by atoms with Crippen LogP contribution >= 0.6 is 11.6 Å². The maximum Gasteiger partial charge on any atom is 0.231 e. The summed E-state index contributed by atoms with van der Waals surface area (Å²) in [6, 6.07) is 1.96. The number of rotatable bonds is 1. The molecule has 1 aromatic carbocycles. The van der Waals surface area contributed by atoms with Crippen LogP contribution in [0, 0.1) is 6.92 Å². The van der Waals surface area contributed by atoms with Crippen molar-refractivity contribution in [2.75, 3.05) is 26.5 Å². The zero-order chi connectivity index (χ0) is 11.8. The van der Waals surface area contributed by atoms with Crippen molar-refractivity contribution < 1.29 is 14.2 Å². The van der Waals surface area contributed by atoms with E-state index < -0.39 is 0 Å². The lowest BCUT2D eigenvalue weighted by Gasteiger charge is -2.26. The Kier molecular flexibility index (Phi) is 2.86. The molecule has 0 radical (unpaired) electrons. The van der Waals surface area contributed by atoms with Gasteiger partial charge in [0, 0.05) is 18.7 Å². The number of morpholine rings is 1. The van der Waals surface area contributed by atoms with E-state index in [0.717, 1.165) is 30.0 Å². The number of halogens is 1. The van der Waals surface area contributed by atoms with E-state index in [4.69, 9.17) is 25.8 Å². The third kappa shape index (κ3) is 1.86. The highest BCUT2D eigenvalue weighted by Crippen LogP contribution is 2.45. The van der Waals surface area contributed by atoms with Gasteiger partial charge in [0.25, 0.3) is 0 Å². The molecule has 5 heteroatoms. The molecule has 0 amide bonds. The van der Waals surface area contributed by atoms with Crippen LogP contribution in [0.3, 0.4) is 0 Å². The zero-order valence-electron chi connectivity index (χ0n) is 9.59. The van der Waals surface area contributed by atoms with Crippen molar-refractivity contribution in [1.82, 2.24) is 5.32 Å². The van der Waals surface area contributed by atoms with Gasteiger partial charge in [0.2, 0.25) is 6.79 Å². The normalized spacial score (nSPS) is 22.8. The molecule has 92 valence electrons. The van der Waals surface area contributed by atoms with Crippen molar-refractivity contribution in [3.05, 3.63) is 22.2 Å². The molecule has 2 heterocycles. The number of hydrogen-bond donors (Lipinski definition) is 1. The predicted molar refractivity (Wildman–Crippen MR) is 63.9 cm³/mol. The predicted octanol–water partition coefficient (Wildman–Crippen LogP) is 2.04. The minimum Gasteiger partial charge on any atom is -0.454 e. The van der Waals surface area contributed by atoms with Crippen LogP contribution in [0.2, 0.25) is 5.02 Å². The third-order valence-electron chi connectivity index (χ3n) is 3.10. The van der Waals surface area contributed by atoms with Crippen LogP contribution in [0.25, 0.3) is 0 Å². The lowest BCUT2D eigenvalue weighted by Crippen LogP contribution is -2.33. The fourth-order valence-electron chi connectivity index (χ4n) is 2.28. The highest BCUT2D eigenvalue weighted by atomic mass is 35.5. The molecule has 1 saturated heterocycles. The van der Waals surface area contributed by atoms with Crippen molar-refractivity contribution >= 4 is 11.6 Å². The third-order valence-corrected chi connectivity index (χ3v) is 3.47. The van der Waals surface area contributed by atoms with E-state index in [2.05, 4.69) is 5.32 Å². The highest BCUT2D eigenvalue weighted by Gasteiger charge is 2.27. The quantitative estimate of drug-likeness (QED) is 0.834. The lowest BCUT2D eigenvalue weighted by atomic mass is 10.0. The van der Waals surface area contributed by atoms with Crippen molar-refractivity contribution in [3.63, 3.8) is 0 Å². The minimum atomic E-state index is -0.00856. The smallest absolute Gasteiger partial charge is 0.231 e. The monoisotopic (exact) mass is 255 g/mol. The van der Waals surface area contributed by atoms with E-state index in [1.807, 2.05) is 13.0 Å². The van der Waals surface area contributed by atoms with Gasteiger partial charge in [-0.25, -0.2) is 0 Å². The van der Waals surface area contributed by atoms with Gasteiger partial charge < -0.3 is 19.5 Å². The van der Waals surface area contributed by atoms with Crippen LogP contribution < -0.4 is 14.8 Å². The Morgan fingerprint density at radius 1 is 1.41 bits per heavy atom. The van der Waals surface area contributed by atoms with E-state index >= 15 is 0 Å². The molecule has 2 aliphatic heterocycles. The SMILES string of the molecule is Cc1cc2c(c(Cl)c1C1CNCCO1)OCO2. The molecule has 1 N–H and O–H groups in total. The number of hydrogen-bond acceptors (Lipinski definition) is 4. The first kappa shape index (κ1) is 11.1. The Morgan fingerprint density at radius 2 is 2.29 bits per heavy atom. The number of nitrogens with one attached hydrogen (secondary N) is 1.